The number of nitrogens with one attached hydrogen (secondary N) is 1. The highest BCUT2D eigenvalue weighted by atomic mass is 16.5. The van der Waals surface area contributed by atoms with Crippen molar-refractivity contribution < 1.29 is 29.0 Å². The first-order valence-corrected chi connectivity index (χ1v) is 12.2. The van der Waals surface area contributed by atoms with Gasteiger partial charge in [-0.3, -0.25) is 14.5 Å². The number of amides is 3. The third-order valence-corrected chi connectivity index (χ3v) is 6.95. The van der Waals surface area contributed by atoms with Crippen molar-refractivity contribution in [3.63, 3.8) is 0 Å². The minimum absolute atomic E-state index is 0.0360. The summed E-state index contributed by atoms with van der Waals surface area (Å²) in [5.74, 6) is -2.73. The summed E-state index contributed by atoms with van der Waals surface area (Å²) in [6.07, 6.45) is -0.719. The van der Waals surface area contributed by atoms with Gasteiger partial charge in [0.1, 0.15) is 18.7 Å². The number of rotatable bonds is 7. The highest BCUT2D eigenvalue weighted by Gasteiger charge is 2.43. The molecule has 2 atom stereocenters. The Morgan fingerprint density at radius 1 is 0.919 bits per heavy atom. The summed E-state index contributed by atoms with van der Waals surface area (Å²) in [5.41, 5.74) is 5.05. The van der Waals surface area contributed by atoms with Crippen molar-refractivity contribution in [1.29, 1.82) is 0 Å². The lowest BCUT2D eigenvalue weighted by molar-refractivity contribution is -0.154. The van der Waals surface area contributed by atoms with Crippen LogP contribution in [0.4, 0.5) is 4.79 Å². The molecule has 1 aliphatic carbocycles. The summed E-state index contributed by atoms with van der Waals surface area (Å²) in [6, 6.07) is 22.5. The number of ether oxygens (including phenoxy) is 1. The normalized spacial score (nSPS) is 17.1. The number of carbonyl (C=O) groups excluding carboxylic acids is 3. The van der Waals surface area contributed by atoms with Crippen LogP contribution in [0.25, 0.3) is 11.1 Å². The number of aliphatic carboxylic acids is 1. The van der Waals surface area contributed by atoms with E-state index in [4.69, 9.17) is 4.74 Å². The van der Waals surface area contributed by atoms with Crippen LogP contribution in [0, 0.1) is 0 Å². The molecular weight excluding hydrogens is 472 g/mol. The van der Waals surface area contributed by atoms with Gasteiger partial charge >= 0.3 is 12.1 Å². The Kier molecular flexibility index (Phi) is 6.72. The lowest BCUT2D eigenvalue weighted by Gasteiger charge is -2.26. The fourth-order valence-corrected chi connectivity index (χ4v) is 5.19. The number of hydrogen-bond donors (Lipinski definition) is 2. The van der Waals surface area contributed by atoms with E-state index in [2.05, 4.69) is 5.32 Å². The van der Waals surface area contributed by atoms with Crippen LogP contribution in [-0.2, 0) is 25.5 Å². The summed E-state index contributed by atoms with van der Waals surface area (Å²) >= 11 is 0. The van der Waals surface area contributed by atoms with E-state index < -0.39 is 36.0 Å². The molecule has 1 saturated heterocycles. The number of nitrogens with zero attached hydrogens (tertiary/aromatic N) is 1. The number of carbonyl (C=O) groups is 4. The van der Waals surface area contributed by atoms with E-state index in [0.717, 1.165) is 32.7 Å². The molecule has 0 radical (unpaired) electrons. The molecule has 37 heavy (non-hydrogen) atoms. The fourth-order valence-electron chi connectivity index (χ4n) is 5.19. The quantitative estimate of drug-likeness (QED) is 0.513. The maximum Gasteiger partial charge on any atom is 0.407 e. The third kappa shape index (κ3) is 4.82. The fraction of sp³-hybridized carbons (Fsp3) is 0.241. The molecule has 2 aliphatic rings. The van der Waals surface area contributed by atoms with Crippen molar-refractivity contribution in [2.24, 2.45) is 0 Å². The van der Waals surface area contributed by atoms with Gasteiger partial charge in [0, 0.05) is 18.8 Å². The molecule has 0 aromatic heterocycles. The molecule has 3 aromatic rings. The second-order valence-corrected chi connectivity index (χ2v) is 9.21. The Morgan fingerprint density at radius 3 is 2.14 bits per heavy atom. The highest BCUT2D eigenvalue weighted by molar-refractivity contribution is 6.04. The van der Waals surface area contributed by atoms with Crippen LogP contribution in [0.15, 0.2) is 78.9 Å². The van der Waals surface area contributed by atoms with Gasteiger partial charge in [-0.05, 0) is 34.2 Å². The summed E-state index contributed by atoms with van der Waals surface area (Å²) in [5, 5.41) is 12.1. The number of carboxylic acids is 1. The minimum atomic E-state index is -1.25. The molecule has 8 heteroatoms. The second-order valence-electron chi connectivity index (χ2n) is 9.21. The van der Waals surface area contributed by atoms with Crippen molar-refractivity contribution in [2.75, 3.05) is 6.61 Å². The van der Waals surface area contributed by atoms with E-state index in [9.17, 15) is 24.3 Å². The Bertz CT molecular complexity index is 1310. The SMILES string of the molecule is O=C(N[C@@H](Cc1ccccc1)C(=O)N1C(=O)CC[C@@H]1C(=O)O)OCC1c2ccccc2-c2ccccc21. The van der Waals surface area contributed by atoms with Crippen LogP contribution in [0.5, 0.6) is 0 Å². The highest BCUT2D eigenvalue weighted by Crippen LogP contribution is 2.44. The predicted molar refractivity (Wildman–Crippen MR) is 135 cm³/mol. The molecule has 2 N–H and O–H groups in total. The molecule has 5 rings (SSSR count). The van der Waals surface area contributed by atoms with Crippen molar-refractivity contribution in [3.8, 4) is 11.1 Å². The van der Waals surface area contributed by atoms with E-state index in [1.54, 1.807) is 24.3 Å². The van der Waals surface area contributed by atoms with E-state index in [1.807, 2.05) is 54.6 Å². The number of likely N-dealkylation sites (tertiary alicyclic amines) is 1. The Hall–Kier alpha value is -4.46. The topological polar surface area (TPSA) is 113 Å². The minimum Gasteiger partial charge on any atom is -0.480 e. The van der Waals surface area contributed by atoms with Crippen molar-refractivity contribution in [1.82, 2.24) is 10.2 Å². The van der Waals surface area contributed by atoms with Gasteiger partial charge in [0.2, 0.25) is 5.91 Å². The van der Waals surface area contributed by atoms with Crippen LogP contribution in [0.1, 0.15) is 35.4 Å². The molecular formula is C29H26N2O6. The number of fused-ring (bicyclic) bond motifs is 3. The van der Waals surface area contributed by atoms with Crippen molar-refractivity contribution in [2.45, 2.75) is 37.3 Å². The summed E-state index contributed by atoms with van der Waals surface area (Å²) in [4.78, 5) is 51.1. The van der Waals surface area contributed by atoms with Gasteiger partial charge in [-0.15, -0.1) is 0 Å². The lowest BCUT2D eigenvalue weighted by Crippen LogP contribution is -2.54. The zero-order chi connectivity index (χ0) is 25.9. The maximum absolute atomic E-state index is 13.4. The van der Waals surface area contributed by atoms with Gasteiger partial charge in [0.25, 0.3) is 5.91 Å². The first-order chi connectivity index (χ1) is 17.9. The van der Waals surface area contributed by atoms with Gasteiger partial charge in [0.15, 0.2) is 0 Å². The first-order valence-electron chi connectivity index (χ1n) is 12.2. The van der Waals surface area contributed by atoms with Gasteiger partial charge < -0.3 is 15.2 Å². The molecule has 1 fully saturated rings. The Balaban J connectivity index is 1.33. The molecule has 3 aromatic carbocycles. The average molecular weight is 499 g/mol. The van der Waals surface area contributed by atoms with Crippen LogP contribution >= 0.6 is 0 Å². The van der Waals surface area contributed by atoms with Gasteiger partial charge in [0.05, 0.1) is 0 Å². The molecule has 0 spiro atoms. The van der Waals surface area contributed by atoms with Crippen LogP contribution < -0.4 is 5.32 Å². The summed E-state index contributed by atoms with van der Waals surface area (Å²) in [7, 11) is 0. The zero-order valence-corrected chi connectivity index (χ0v) is 20.0. The first kappa shape index (κ1) is 24.2. The number of hydrogen-bond acceptors (Lipinski definition) is 5. The van der Waals surface area contributed by atoms with Crippen molar-refractivity contribution >= 4 is 23.9 Å². The van der Waals surface area contributed by atoms with Gasteiger partial charge in [-0.25, -0.2) is 9.59 Å². The van der Waals surface area contributed by atoms with E-state index in [0.29, 0.717) is 0 Å². The molecule has 0 saturated carbocycles. The number of carboxylic acid groups (broad SMARTS) is 1. The van der Waals surface area contributed by atoms with E-state index >= 15 is 0 Å². The predicted octanol–water partition coefficient (Wildman–Crippen LogP) is 3.74. The molecule has 1 heterocycles. The molecule has 3 amide bonds. The third-order valence-electron chi connectivity index (χ3n) is 6.95. The maximum atomic E-state index is 13.4. The van der Waals surface area contributed by atoms with E-state index in [1.165, 1.54) is 0 Å². The molecule has 0 unspecified atom stereocenters. The largest absolute Gasteiger partial charge is 0.480 e. The molecule has 8 nitrogen and oxygen atoms in total. The average Bonchev–Trinajstić information content (AvgIpc) is 3.45. The van der Waals surface area contributed by atoms with E-state index in [-0.39, 0.29) is 31.8 Å². The van der Waals surface area contributed by atoms with Crippen LogP contribution in [0.3, 0.4) is 0 Å². The van der Waals surface area contributed by atoms with Crippen LogP contribution in [-0.4, -0.2) is 52.6 Å². The summed E-state index contributed by atoms with van der Waals surface area (Å²) in [6.45, 7) is 0.0620. The number of imide groups is 1. The molecule has 1 aliphatic heterocycles. The summed E-state index contributed by atoms with van der Waals surface area (Å²) < 4.78 is 5.60. The lowest BCUT2D eigenvalue weighted by atomic mass is 9.98. The second kappa shape index (κ2) is 10.3. The zero-order valence-electron chi connectivity index (χ0n) is 20.0. The Morgan fingerprint density at radius 2 is 1.51 bits per heavy atom. The van der Waals surface area contributed by atoms with Crippen molar-refractivity contribution in [3.05, 3.63) is 95.6 Å². The monoisotopic (exact) mass is 498 g/mol. The smallest absolute Gasteiger partial charge is 0.407 e. The van der Waals surface area contributed by atoms with Gasteiger partial charge in [-0.1, -0.05) is 78.9 Å². The molecule has 188 valence electrons. The standard InChI is InChI=1S/C29H26N2O6/c32-26-15-14-25(28(34)35)31(26)27(33)24(16-18-8-2-1-3-9-18)30-29(36)37-17-23-21-12-6-4-10-19(21)20-11-5-7-13-22(20)23/h1-13,23-25H,14-17H2,(H,30,36)(H,34,35)/t24-,25+/m0/s1. The number of alkyl carbamates (subject to hydrolysis) is 1. The van der Waals surface area contributed by atoms with Gasteiger partial charge in [-0.2, -0.15) is 0 Å². The Labute approximate surface area is 213 Å². The van der Waals surface area contributed by atoms with Crippen LogP contribution in [0.2, 0.25) is 0 Å². The molecule has 0 bridgehead atoms. The number of benzene rings is 3.